The number of aliphatic hydroxyl groups is 1. The van der Waals surface area contributed by atoms with E-state index in [1.54, 1.807) is 50.3 Å². The second-order valence-electron chi connectivity index (χ2n) is 13.0. The van der Waals surface area contributed by atoms with Crippen LogP contribution >= 0.6 is 11.6 Å². The first kappa shape index (κ1) is 32.2. The van der Waals surface area contributed by atoms with Crippen LogP contribution in [0.5, 0.6) is 0 Å². The van der Waals surface area contributed by atoms with Crippen LogP contribution in [0.3, 0.4) is 0 Å². The minimum absolute atomic E-state index is 0.0706. The van der Waals surface area contributed by atoms with Gasteiger partial charge in [-0.2, -0.15) is 0 Å². The molecule has 0 saturated heterocycles. The molecule has 0 bridgehead atoms. The van der Waals surface area contributed by atoms with Crippen molar-refractivity contribution in [2.75, 3.05) is 6.61 Å². The van der Waals surface area contributed by atoms with Crippen LogP contribution in [0.25, 0.3) is 0 Å². The predicted octanol–water partition coefficient (Wildman–Crippen LogP) is 5.87. The standard InChI is InChI=1S/C35H41ClO8/c1-6-29(39)42-20-28(38)35(44-30(40)7-2)21(3)17-26-25-14-13-23-18-24(43-31(41)22-11-9-8-10-12-22)15-16-32(23,4)34(25,36)27(37)19-33(26,35)5/h8-13,15-16,18,21,25-27,37H,6-7,14,17,19-20H2,1-5H3/t21-,25-,26-,27-,32-,33-,34-,35+/m0/s1. The van der Waals surface area contributed by atoms with Gasteiger partial charge in [0.25, 0.3) is 0 Å². The summed E-state index contributed by atoms with van der Waals surface area (Å²) in [4.78, 5) is 50.4. The van der Waals surface area contributed by atoms with Crippen molar-refractivity contribution in [3.05, 3.63) is 71.5 Å². The summed E-state index contributed by atoms with van der Waals surface area (Å²) in [6.45, 7) is 8.57. The fourth-order valence-electron chi connectivity index (χ4n) is 8.56. The third kappa shape index (κ3) is 4.67. The molecule has 1 N–H and O–H groups in total. The van der Waals surface area contributed by atoms with E-state index in [2.05, 4.69) is 6.08 Å². The molecule has 1 aromatic rings. The zero-order valence-corrected chi connectivity index (χ0v) is 26.7. The fourth-order valence-corrected chi connectivity index (χ4v) is 9.05. The topological polar surface area (TPSA) is 116 Å². The Labute approximate surface area is 263 Å². The fraction of sp³-hybridized carbons (Fsp3) is 0.543. The summed E-state index contributed by atoms with van der Waals surface area (Å²) in [6.07, 6.45) is 7.72. The number of aliphatic hydroxyl groups excluding tert-OH is 1. The number of ketones is 1. The highest BCUT2D eigenvalue weighted by molar-refractivity contribution is 6.26. The highest BCUT2D eigenvalue weighted by Crippen LogP contribution is 2.71. The van der Waals surface area contributed by atoms with E-state index in [1.807, 2.05) is 32.9 Å². The van der Waals surface area contributed by atoms with Crippen LogP contribution in [-0.2, 0) is 28.6 Å². The number of esters is 3. The number of allylic oxidation sites excluding steroid dienone is 5. The molecule has 4 aliphatic carbocycles. The lowest BCUT2D eigenvalue weighted by Crippen LogP contribution is -2.69. The average Bonchev–Trinajstić information content (AvgIpc) is 3.22. The molecule has 0 aliphatic heterocycles. The Kier molecular flexibility index (Phi) is 8.49. The molecule has 2 fully saturated rings. The minimum atomic E-state index is -1.59. The summed E-state index contributed by atoms with van der Waals surface area (Å²) in [6, 6.07) is 8.74. The quantitative estimate of drug-likeness (QED) is 0.217. The van der Waals surface area contributed by atoms with Gasteiger partial charge in [-0.3, -0.25) is 14.4 Å². The van der Waals surface area contributed by atoms with E-state index in [1.165, 1.54) is 0 Å². The molecule has 8 nitrogen and oxygen atoms in total. The maximum atomic E-state index is 14.0. The van der Waals surface area contributed by atoms with Crippen molar-refractivity contribution in [3.8, 4) is 0 Å². The third-order valence-electron chi connectivity index (χ3n) is 10.8. The molecule has 0 heterocycles. The Morgan fingerprint density at radius 1 is 1.02 bits per heavy atom. The molecule has 8 atom stereocenters. The molecule has 2 saturated carbocycles. The molecule has 0 aromatic heterocycles. The van der Waals surface area contributed by atoms with Crippen LogP contribution in [0.15, 0.2) is 66.0 Å². The van der Waals surface area contributed by atoms with Crippen molar-refractivity contribution < 1.29 is 38.5 Å². The molecule has 4 aliphatic rings. The SMILES string of the molecule is CCC(=O)OCC(=O)[C@]1(OC(=O)CC)[C@@H](C)C[C@H]2[C@@H]3CC=C4C=C(OC(=O)c5ccccc5)C=C[C@]4(C)[C@@]3(Cl)[C@@H](O)C[C@@]21C. The maximum Gasteiger partial charge on any atom is 0.343 e. The van der Waals surface area contributed by atoms with E-state index < -0.39 is 63.6 Å². The van der Waals surface area contributed by atoms with Crippen LogP contribution in [-0.4, -0.2) is 52.0 Å². The second kappa shape index (κ2) is 11.6. The van der Waals surface area contributed by atoms with Crippen molar-refractivity contribution in [3.63, 3.8) is 0 Å². The van der Waals surface area contributed by atoms with Gasteiger partial charge in [-0.05, 0) is 61.0 Å². The summed E-state index contributed by atoms with van der Waals surface area (Å²) < 4.78 is 17.1. The lowest BCUT2D eigenvalue weighted by molar-refractivity contribution is -0.202. The van der Waals surface area contributed by atoms with Crippen molar-refractivity contribution in [2.45, 2.75) is 83.3 Å². The Hall–Kier alpha value is -3.23. The Bertz CT molecular complexity index is 1450. The number of ether oxygens (including phenoxy) is 3. The first-order valence-corrected chi connectivity index (χ1v) is 15.8. The molecule has 9 heteroatoms. The number of rotatable bonds is 8. The zero-order chi connectivity index (χ0) is 32.1. The number of Topliss-reactive ketones (excluding diaryl/α,β-unsaturated/α-hetero) is 1. The maximum absolute atomic E-state index is 14.0. The molecule has 5 rings (SSSR count). The summed E-state index contributed by atoms with van der Waals surface area (Å²) >= 11 is 7.65. The third-order valence-corrected chi connectivity index (χ3v) is 11.7. The van der Waals surface area contributed by atoms with Crippen molar-refractivity contribution >= 4 is 35.3 Å². The minimum Gasteiger partial charge on any atom is -0.457 e. The number of fused-ring (bicyclic) bond motifs is 5. The molecule has 0 spiro atoms. The molecule has 0 amide bonds. The molecule has 1 aromatic carbocycles. The molecular weight excluding hydrogens is 584 g/mol. The van der Waals surface area contributed by atoms with Gasteiger partial charge >= 0.3 is 17.9 Å². The normalized spacial score (nSPS) is 37.0. The summed E-state index contributed by atoms with van der Waals surface area (Å²) in [5, 5.41) is 12.1. The summed E-state index contributed by atoms with van der Waals surface area (Å²) in [5.74, 6) is -2.50. The average molecular weight is 625 g/mol. The first-order chi connectivity index (χ1) is 20.8. The summed E-state index contributed by atoms with van der Waals surface area (Å²) in [5.41, 5.74) is -2.12. The highest BCUT2D eigenvalue weighted by Gasteiger charge is 2.76. The molecule has 0 radical (unpaired) electrons. The van der Waals surface area contributed by atoms with Gasteiger partial charge in [-0.1, -0.05) is 65.0 Å². The highest BCUT2D eigenvalue weighted by atomic mass is 35.5. The van der Waals surface area contributed by atoms with Crippen LogP contribution in [0, 0.1) is 28.6 Å². The number of halogens is 1. The van der Waals surface area contributed by atoms with Crippen LogP contribution in [0.4, 0.5) is 0 Å². The molecule has 44 heavy (non-hydrogen) atoms. The van der Waals surface area contributed by atoms with Crippen molar-refractivity contribution in [1.29, 1.82) is 0 Å². The number of carbonyl (C=O) groups excluding carboxylic acids is 4. The monoisotopic (exact) mass is 624 g/mol. The van der Waals surface area contributed by atoms with Gasteiger partial charge in [0.1, 0.15) is 5.76 Å². The number of alkyl halides is 1. The van der Waals surface area contributed by atoms with E-state index in [-0.39, 0.29) is 31.1 Å². The molecular formula is C35H41ClO8. The number of carbonyl (C=O) groups is 4. The van der Waals surface area contributed by atoms with Gasteiger partial charge in [-0.15, -0.1) is 11.6 Å². The van der Waals surface area contributed by atoms with Gasteiger partial charge < -0.3 is 19.3 Å². The van der Waals surface area contributed by atoms with Crippen LogP contribution in [0.1, 0.15) is 77.1 Å². The van der Waals surface area contributed by atoms with E-state index in [0.29, 0.717) is 24.2 Å². The van der Waals surface area contributed by atoms with Crippen LogP contribution in [0.2, 0.25) is 0 Å². The lowest BCUT2D eigenvalue weighted by atomic mass is 9.46. The van der Waals surface area contributed by atoms with E-state index in [9.17, 15) is 24.3 Å². The smallest absolute Gasteiger partial charge is 0.343 e. The first-order valence-electron chi connectivity index (χ1n) is 15.4. The number of benzene rings is 1. The summed E-state index contributed by atoms with van der Waals surface area (Å²) in [7, 11) is 0. The Balaban J connectivity index is 1.51. The Morgan fingerprint density at radius 3 is 2.36 bits per heavy atom. The van der Waals surface area contributed by atoms with Crippen molar-refractivity contribution in [1.82, 2.24) is 0 Å². The van der Waals surface area contributed by atoms with E-state index in [0.717, 1.165) is 5.57 Å². The van der Waals surface area contributed by atoms with E-state index >= 15 is 0 Å². The predicted molar refractivity (Wildman–Crippen MR) is 163 cm³/mol. The van der Waals surface area contributed by atoms with Gasteiger partial charge in [-0.25, -0.2) is 4.79 Å². The molecule has 236 valence electrons. The zero-order valence-electron chi connectivity index (χ0n) is 25.9. The Morgan fingerprint density at radius 2 is 1.70 bits per heavy atom. The van der Waals surface area contributed by atoms with Crippen molar-refractivity contribution in [2.24, 2.45) is 28.6 Å². The van der Waals surface area contributed by atoms with E-state index in [4.69, 9.17) is 25.8 Å². The number of hydrogen-bond acceptors (Lipinski definition) is 8. The van der Waals surface area contributed by atoms with Crippen LogP contribution < -0.4 is 0 Å². The van der Waals surface area contributed by atoms with Gasteiger partial charge in [0, 0.05) is 29.6 Å². The van der Waals surface area contributed by atoms with Gasteiger partial charge in [0.05, 0.1) is 16.5 Å². The largest absolute Gasteiger partial charge is 0.457 e. The van der Waals surface area contributed by atoms with Gasteiger partial charge in [0.2, 0.25) is 5.78 Å². The molecule has 0 unspecified atom stereocenters. The lowest BCUT2D eigenvalue weighted by Gasteiger charge is -2.63. The second-order valence-corrected chi connectivity index (χ2v) is 13.6. The number of hydrogen-bond donors (Lipinski definition) is 1. The van der Waals surface area contributed by atoms with Gasteiger partial charge in [0.15, 0.2) is 12.2 Å².